The van der Waals surface area contributed by atoms with E-state index in [4.69, 9.17) is 4.74 Å². The van der Waals surface area contributed by atoms with Crippen molar-refractivity contribution < 1.29 is 9.53 Å². The van der Waals surface area contributed by atoms with Gasteiger partial charge in [-0.2, -0.15) is 0 Å². The molecule has 100 valence electrons. The van der Waals surface area contributed by atoms with Crippen molar-refractivity contribution in [2.75, 3.05) is 32.8 Å². The smallest absolute Gasteiger partial charge is 0.176 e. The molecule has 1 saturated heterocycles. The first-order valence-corrected chi connectivity index (χ1v) is 6.66. The second-order valence-corrected chi connectivity index (χ2v) is 4.94. The summed E-state index contributed by atoms with van der Waals surface area (Å²) in [6, 6.07) is 0. The van der Waals surface area contributed by atoms with Gasteiger partial charge in [0.25, 0.3) is 0 Å². The molecule has 1 aliphatic heterocycles. The Kier molecular flexibility index (Phi) is 4.55. The van der Waals surface area contributed by atoms with E-state index in [2.05, 4.69) is 16.8 Å². The lowest BCUT2D eigenvalue weighted by Crippen LogP contribution is -2.37. The van der Waals surface area contributed by atoms with Crippen LogP contribution in [0.1, 0.15) is 35.0 Å². The molecule has 0 atom stereocenters. The maximum atomic E-state index is 11.5. The summed E-state index contributed by atoms with van der Waals surface area (Å²) < 4.78 is 5.33. The van der Waals surface area contributed by atoms with Crippen molar-refractivity contribution in [1.82, 2.24) is 9.88 Å². The molecule has 0 amide bonds. The number of H-pyrrole nitrogens is 1. The lowest BCUT2D eigenvalue weighted by atomic mass is 10.0. The van der Waals surface area contributed by atoms with Gasteiger partial charge in [0, 0.05) is 26.2 Å². The molecular formula is C14H22N2O2. The third-order valence-electron chi connectivity index (χ3n) is 3.57. The number of morpholine rings is 1. The first-order chi connectivity index (χ1) is 8.68. The van der Waals surface area contributed by atoms with Gasteiger partial charge >= 0.3 is 0 Å². The van der Waals surface area contributed by atoms with Gasteiger partial charge in [-0.3, -0.25) is 9.69 Å². The fourth-order valence-electron chi connectivity index (χ4n) is 2.49. The Morgan fingerprint density at radius 2 is 2.17 bits per heavy atom. The van der Waals surface area contributed by atoms with Crippen LogP contribution < -0.4 is 0 Å². The number of carbonyl (C=O) groups is 1. The Labute approximate surface area is 108 Å². The van der Waals surface area contributed by atoms with Crippen LogP contribution in [0.3, 0.4) is 0 Å². The summed E-state index contributed by atoms with van der Waals surface area (Å²) in [7, 11) is 0. The van der Waals surface area contributed by atoms with Gasteiger partial charge in [0.1, 0.15) is 0 Å². The highest BCUT2D eigenvalue weighted by molar-refractivity contribution is 5.94. The molecule has 0 spiro atoms. The SMILES string of the molecule is CC(=O)c1[nH]cc(C)c1CCCN1CCOCC1. The van der Waals surface area contributed by atoms with Crippen LogP contribution in [0.4, 0.5) is 0 Å². The molecule has 4 nitrogen and oxygen atoms in total. The fourth-order valence-corrected chi connectivity index (χ4v) is 2.49. The number of hydrogen-bond donors (Lipinski definition) is 1. The van der Waals surface area contributed by atoms with Gasteiger partial charge in [0.2, 0.25) is 0 Å². The zero-order valence-electron chi connectivity index (χ0n) is 11.3. The van der Waals surface area contributed by atoms with E-state index in [9.17, 15) is 4.79 Å². The van der Waals surface area contributed by atoms with Gasteiger partial charge in [-0.15, -0.1) is 0 Å². The van der Waals surface area contributed by atoms with E-state index in [1.807, 2.05) is 6.20 Å². The number of nitrogens with zero attached hydrogens (tertiary/aromatic N) is 1. The molecule has 1 fully saturated rings. The van der Waals surface area contributed by atoms with Gasteiger partial charge in [-0.1, -0.05) is 0 Å². The molecule has 1 aliphatic rings. The molecule has 1 aromatic heterocycles. The highest BCUT2D eigenvalue weighted by Gasteiger charge is 2.13. The van der Waals surface area contributed by atoms with Crippen LogP contribution in [-0.4, -0.2) is 48.5 Å². The number of ketones is 1. The van der Waals surface area contributed by atoms with E-state index in [1.165, 1.54) is 11.1 Å². The van der Waals surface area contributed by atoms with Gasteiger partial charge in [-0.05, 0) is 37.4 Å². The van der Waals surface area contributed by atoms with Crippen molar-refractivity contribution in [2.45, 2.75) is 26.7 Å². The maximum Gasteiger partial charge on any atom is 0.176 e. The highest BCUT2D eigenvalue weighted by Crippen LogP contribution is 2.16. The van der Waals surface area contributed by atoms with Crippen LogP contribution in [0.25, 0.3) is 0 Å². The zero-order valence-corrected chi connectivity index (χ0v) is 11.3. The zero-order chi connectivity index (χ0) is 13.0. The number of carbonyl (C=O) groups excluding carboxylic acids is 1. The molecule has 0 bridgehead atoms. The summed E-state index contributed by atoms with van der Waals surface area (Å²) in [4.78, 5) is 17.0. The average Bonchev–Trinajstić information content (AvgIpc) is 2.73. The summed E-state index contributed by atoms with van der Waals surface area (Å²) >= 11 is 0. The summed E-state index contributed by atoms with van der Waals surface area (Å²) in [5.74, 6) is 0.129. The lowest BCUT2D eigenvalue weighted by Gasteiger charge is -2.26. The minimum Gasteiger partial charge on any atom is -0.379 e. The van der Waals surface area contributed by atoms with Crippen LogP contribution in [0.2, 0.25) is 0 Å². The number of ether oxygens (including phenoxy) is 1. The number of aryl methyl sites for hydroxylation is 1. The van der Waals surface area contributed by atoms with Crippen LogP contribution in [0.5, 0.6) is 0 Å². The average molecular weight is 250 g/mol. The molecule has 1 aromatic rings. The topological polar surface area (TPSA) is 45.3 Å². The Morgan fingerprint density at radius 1 is 1.44 bits per heavy atom. The second kappa shape index (κ2) is 6.16. The molecule has 0 aromatic carbocycles. The van der Waals surface area contributed by atoms with Crippen molar-refractivity contribution in [3.05, 3.63) is 23.0 Å². The van der Waals surface area contributed by atoms with Crippen molar-refractivity contribution in [3.8, 4) is 0 Å². The van der Waals surface area contributed by atoms with Crippen molar-refractivity contribution in [3.63, 3.8) is 0 Å². The van der Waals surface area contributed by atoms with Crippen LogP contribution in [0, 0.1) is 6.92 Å². The predicted octanol–water partition coefficient (Wildman–Crippen LogP) is 1.79. The number of hydrogen-bond acceptors (Lipinski definition) is 3. The molecule has 2 heterocycles. The minimum atomic E-state index is 0.129. The van der Waals surface area contributed by atoms with Gasteiger partial charge in [0.05, 0.1) is 18.9 Å². The van der Waals surface area contributed by atoms with E-state index in [-0.39, 0.29) is 5.78 Å². The number of rotatable bonds is 5. The predicted molar refractivity (Wildman–Crippen MR) is 71.1 cm³/mol. The second-order valence-electron chi connectivity index (χ2n) is 4.94. The normalized spacial score (nSPS) is 17.0. The third-order valence-corrected chi connectivity index (χ3v) is 3.57. The largest absolute Gasteiger partial charge is 0.379 e. The Bertz CT molecular complexity index is 406. The first-order valence-electron chi connectivity index (χ1n) is 6.66. The van der Waals surface area contributed by atoms with E-state index >= 15 is 0 Å². The maximum absolute atomic E-state index is 11.5. The van der Waals surface area contributed by atoms with Gasteiger partial charge in [-0.25, -0.2) is 0 Å². The molecule has 0 saturated carbocycles. The summed E-state index contributed by atoms with van der Waals surface area (Å²) in [5.41, 5.74) is 3.17. The lowest BCUT2D eigenvalue weighted by molar-refractivity contribution is 0.0374. The van der Waals surface area contributed by atoms with E-state index in [0.29, 0.717) is 0 Å². The number of aromatic nitrogens is 1. The van der Waals surface area contributed by atoms with E-state index < -0.39 is 0 Å². The number of nitrogens with one attached hydrogen (secondary N) is 1. The Morgan fingerprint density at radius 3 is 2.83 bits per heavy atom. The van der Waals surface area contributed by atoms with Crippen molar-refractivity contribution in [1.29, 1.82) is 0 Å². The Hall–Kier alpha value is -1.13. The summed E-state index contributed by atoms with van der Waals surface area (Å²) in [6.07, 6.45) is 4.00. The quantitative estimate of drug-likeness (QED) is 0.810. The molecule has 2 rings (SSSR count). The number of aromatic amines is 1. The monoisotopic (exact) mass is 250 g/mol. The molecule has 1 N–H and O–H groups in total. The molecule has 18 heavy (non-hydrogen) atoms. The van der Waals surface area contributed by atoms with Gasteiger partial charge < -0.3 is 9.72 Å². The molecule has 4 heteroatoms. The minimum absolute atomic E-state index is 0.129. The van der Waals surface area contributed by atoms with Crippen LogP contribution in [0.15, 0.2) is 6.20 Å². The highest BCUT2D eigenvalue weighted by atomic mass is 16.5. The third kappa shape index (κ3) is 3.21. The van der Waals surface area contributed by atoms with E-state index in [0.717, 1.165) is 51.4 Å². The Balaban J connectivity index is 1.85. The standard InChI is InChI=1S/C14H22N2O2/c1-11-10-15-14(12(2)17)13(11)4-3-5-16-6-8-18-9-7-16/h10,15H,3-9H2,1-2H3. The van der Waals surface area contributed by atoms with Crippen molar-refractivity contribution >= 4 is 5.78 Å². The van der Waals surface area contributed by atoms with Crippen molar-refractivity contribution in [2.24, 2.45) is 0 Å². The molecule has 0 aliphatic carbocycles. The molecular weight excluding hydrogens is 228 g/mol. The fraction of sp³-hybridized carbons (Fsp3) is 0.643. The van der Waals surface area contributed by atoms with Gasteiger partial charge in [0.15, 0.2) is 5.78 Å². The van der Waals surface area contributed by atoms with Crippen LogP contribution >= 0.6 is 0 Å². The number of Topliss-reactive ketones (excluding diaryl/α,β-unsaturated/α-hetero) is 1. The van der Waals surface area contributed by atoms with Crippen LogP contribution in [-0.2, 0) is 11.2 Å². The first kappa shape index (κ1) is 13.3. The molecule has 0 radical (unpaired) electrons. The summed E-state index contributed by atoms with van der Waals surface area (Å²) in [6.45, 7) is 8.54. The summed E-state index contributed by atoms with van der Waals surface area (Å²) in [5, 5.41) is 0. The molecule has 0 unspecified atom stereocenters. The van der Waals surface area contributed by atoms with E-state index in [1.54, 1.807) is 6.92 Å².